The predicted octanol–water partition coefficient (Wildman–Crippen LogP) is 4.99. The Balaban J connectivity index is 2.21. The lowest BCUT2D eigenvalue weighted by atomic mass is 10.1. The average Bonchev–Trinajstić information content (AvgIpc) is 2.32. The van der Waals surface area contributed by atoms with Crippen LogP contribution in [0.15, 0.2) is 24.3 Å². The maximum Gasteiger partial charge on any atom is 0.146 e. The molecule has 0 saturated carbocycles. The highest BCUT2D eigenvalue weighted by atomic mass is 19.1. The van der Waals surface area contributed by atoms with Gasteiger partial charge in [0.2, 0.25) is 0 Å². The molecular formula is C15H24FN. The molecule has 0 heterocycles. The van der Waals surface area contributed by atoms with E-state index < -0.39 is 0 Å². The summed E-state index contributed by atoms with van der Waals surface area (Å²) >= 11 is 0. The molecule has 0 aliphatic heterocycles. The Hall–Kier alpha value is -1.05. The molecule has 0 radical (unpaired) electrons. The molecule has 2 heteroatoms. The van der Waals surface area contributed by atoms with Gasteiger partial charge in [-0.05, 0) is 25.5 Å². The van der Waals surface area contributed by atoms with Gasteiger partial charge in [0.15, 0.2) is 0 Å². The van der Waals surface area contributed by atoms with E-state index in [2.05, 4.69) is 19.2 Å². The van der Waals surface area contributed by atoms with Crippen LogP contribution in [0.25, 0.3) is 0 Å². The molecule has 1 nitrogen and oxygen atoms in total. The molecule has 0 amide bonds. The summed E-state index contributed by atoms with van der Waals surface area (Å²) in [4.78, 5) is 0. The summed E-state index contributed by atoms with van der Waals surface area (Å²) in [6.07, 6.45) is 7.55. The highest BCUT2D eigenvalue weighted by Gasteiger charge is 2.05. The third-order valence-electron chi connectivity index (χ3n) is 3.02. The average molecular weight is 237 g/mol. The van der Waals surface area contributed by atoms with Gasteiger partial charge in [-0.2, -0.15) is 0 Å². The molecular weight excluding hydrogens is 213 g/mol. The Kier molecular flexibility index (Phi) is 6.68. The highest BCUT2D eigenvalue weighted by molar-refractivity contribution is 5.44. The smallest absolute Gasteiger partial charge is 0.146 e. The van der Waals surface area contributed by atoms with Crippen molar-refractivity contribution in [3.63, 3.8) is 0 Å². The van der Waals surface area contributed by atoms with Crippen LogP contribution in [0.1, 0.15) is 52.4 Å². The highest BCUT2D eigenvalue weighted by Crippen LogP contribution is 2.16. The Morgan fingerprint density at radius 1 is 1.12 bits per heavy atom. The van der Waals surface area contributed by atoms with E-state index in [9.17, 15) is 4.39 Å². The zero-order chi connectivity index (χ0) is 12.5. The quantitative estimate of drug-likeness (QED) is 0.628. The van der Waals surface area contributed by atoms with Gasteiger partial charge in [-0.15, -0.1) is 0 Å². The first kappa shape index (κ1) is 14.0. The van der Waals surface area contributed by atoms with Gasteiger partial charge in [0.1, 0.15) is 5.82 Å². The van der Waals surface area contributed by atoms with Gasteiger partial charge in [0.25, 0.3) is 0 Å². The minimum Gasteiger partial charge on any atom is -0.380 e. The predicted molar refractivity (Wildman–Crippen MR) is 72.9 cm³/mol. The van der Waals surface area contributed by atoms with Crippen LogP contribution in [-0.4, -0.2) is 6.04 Å². The number of halogens is 1. The zero-order valence-corrected chi connectivity index (χ0v) is 11.0. The number of hydrogen-bond acceptors (Lipinski definition) is 1. The SMILES string of the molecule is CCCCCCCC(C)Nc1ccccc1F. The van der Waals surface area contributed by atoms with Gasteiger partial charge in [-0.3, -0.25) is 0 Å². The standard InChI is InChI=1S/C15H24FN/c1-3-4-5-6-7-10-13(2)17-15-12-9-8-11-14(15)16/h8-9,11-13,17H,3-7,10H2,1-2H3. The van der Waals surface area contributed by atoms with Crippen LogP contribution in [0.2, 0.25) is 0 Å². The second kappa shape index (κ2) is 8.10. The van der Waals surface area contributed by atoms with Crippen molar-refractivity contribution in [2.45, 2.75) is 58.4 Å². The summed E-state index contributed by atoms with van der Waals surface area (Å²) in [6.45, 7) is 4.34. The summed E-state index contributed by atoms with van der Waals surface area (Å²) in [5, 5.41) is 3.23. The van der Waals surface area contributed by atoms with Gasteiger partial charge in [-0.1, -0.05) is 51.2 Å². The van der Waals surface area contributed by atoms with Crippen molar-refractivity contribution < 1.29 is 4.39 Å². The number of para-hydroxylation sites is 1. The number of benzene rings is 1. The molecule has 1 aromatic carbocycles. The third-order valence-corrected chi connectivity index (χ3v) is 3.02. The monoisotopic (exact) mass is 237 g/mol. The van der Waals surface area contributed by atoms with Crippen molar-refractivity contribution in [3.8, 4) is 0 Å². The lowest BCUT2D eigenvalue weighted by Crippen LogP contribution is -2.15. The molecule has 1 aromatic rings. The van der Waals surface area contributed by atoms with E-state index in [0.29, 0.717) is 11.7 Å². The van der Waals surface area contributed by atoms with Crippen molar-refractivity contribution in [2.24, 2.45) is 0 Å². The van der Waals surface area contributed by atoms with E-state index in [0.717, 1.165) is 6.42 Å². The molecule has 0 aliphatic rings. The molecule has 0 spiro atoms. The molecule has 96 valence electrons. The molecule has 0 fully saturated rings. The summed E-state index contributed by atoms with van der Waals surface area (Å²) in [5.41, 5.74) is 0.619. The number of hydrogen-bond donors (Lipinski definition) is 1. The molecule has 1 atom stereocenters. The normalized spacial score (nSPS) is 12.4. The van der Waals surface area contributed by atoms with Gasteiger partial charge >= 0.3 is 0 Å². The number of unbranched alkanes of at least 4 members (excludes halogenated alkanes) is 4. The first-order valence-corrected chi connectivity index (χ1v) is 6.75. The fourth-order valence-corrected chi connectivity index (χ4v) is 1.97. The number of nitrogens with one attached hydrogen (secondary N) is 1. The molecule has 0 aliphatic carbocycles. The minimum absolute atomic E-state index is 0.162. The van der Waals surface area contributed by atoms with Crippen molar-refractivity contribution in [1.29, 1.82) is 0 Å². The summed E-state index contributed by atoms with van der Waals surface area (Å²) in [5.74, 6) is -0.162. The van der Waals surface area contributed by atoms with Crippen LogP contribution in [0.3, 0.4) is 0 Å². The van der Waals surface area contributed by atoms with Gasteiger partial charge < -0.3 is 5.32 Å². The van der Waals surface area contributed by atoms with Gasteiger partial charge in [-0.25, -0.2) is 4.39 Å². The molecule has 0 saturated heterocycles. The minimum atomic E-state index is -0.162. The summed E-state index contributed by atoms with van der Waals surface area (Å²) in [6, 6.07) is 7.21. The topological polar surface area (TPSA) is 12.0 Å². The number of anilines is 1. The Labute approximate surface area is 104 Å². The Morgan fingerprint density at radius 2 is 1.82 bits per heavy atom. The van der Waals surface area contributed by atoms with Gasteiger partial charge in [0, 0.05) is 6.04 Å². The van der Waals surface area contributed by atoms with Crippen molar-refractivity contribution in [1.82, 2.24) is 0 Å². The lowest BCUT2D eigenvalue weighted by Gasteiger charge is -2.15. The van der Waals surface area contributed by atoms with Crippen LogP contribution in [0, 0.1) is 5.82 Å². The maximum absolute atomic E-state index is 13.4. The molecule has 0 bridgehead atoms. The van der Waals surface area contributed by atoms with E-state index in [1.54, 1.807) is 12.1 Å². The van der Waals surface area contributed by atoms with Crippen molar-refractivity contribution in [2.75, 3.05) is 5.32 Å². The first-order chi connectivity index (χ1) is 8.24. The van der Waals surface area contributed by atoms with Crippen LogP contribution in [-0.2, 0) is 0 Å². The fourth-order valence-electron chi connectivity index (χ4n) is 1.97. The molecule has 1 unspecified atom stereocenters. The first-order valence-electron chi connectivity index (χ1n) is 6.75. The Morgan fingerprint density at radius 3 is 2.53 bits per heavy atom. The Bertz CT molecular complexity index is 312. The van der Waals surface area contributed by atoms with E-state index in [-0.39, 0.29) is 5.82 Å². The summed E-state index contributed by atoms with van der Waals surface area (Å²) in [7, 11) is 0. The third kappa shape index (κ3) is 5.71. The van der Waals surface area contributed by atoms with Crippen molar-refractivity contribution in [3.05, 3.63) is 30.1 Å². The molecule has 1 rings (SSSR count). The molecule has 17 heavy (non-hydrogen) atoms. The van der Waals surface area contributed by atoms with Crippen LogP contribution >= 0.6 is 0 Å². The second-order valence-electron chi connectivity index (χ2n) is 4.73. The van der Waals surface area contributed by atoms with Crippen LogP contribution < -0.4 is 5.32 Å². The summed E-state index contributed by atoms with van der Waals surface area (Å²) < 4.78 is 13.4. The largest absolute Gasteiger partial charge is 0.380 e. The van der Waals surface area contributed by atoms with E-state index in [4.69, 9.17) is 0 Å². The lowest BCUT2D eigenvalue weighted by molar-refractivity contribution is 0.573. The fraction of sp³-hybridized carbons (Fsp3) is 0.600. The van der Waals surface area contributed by atoms with Crippen molar-refractivity contribution >= 4 is 5.69 Å². The second-order valence-corrected chi connectivity index (χ2v) is 4.73. The molecule has 0 aromatic heterocycles. The number of rotatable bonds is 8. The van der Waals surface area contributed by atoms with Crippen LogP contribution in [0.5, 0.6) is 0 Å². The molecule has 1 N–H and O–H groups in total. The zero-order valence-electron chi connectivity index (χ0n) is 11.0. The van der Waals surface area contributed by atoms with E-state index >= 15 is 0 Å². The van der Waals surface area contributed by atoms with E-state index in [1.165, 1.54) is 38.2 Å². The van der Waals surface area contributed by atoms with E-state index in [1.807, 2.05) is 6.07 Å². The maximum atomic E-state index is 13.4. The van der Waals surface area contributed by atoms with Gasteiger partial charge in [0.05, 0.1) is 5.69 Å². The van der Waals surface area contributed by atoms with Crippen LogP contribution in [0.4, 0.5) is 10.1 Å².